The molecule has 0 spiro atoms. The first kappa shape index (κ1) is 13.9. The number of esters is 1. The molecule has 110 valence electrons. The van der Waals surface area contributed by atoms with Crippen LogP contribution in [-0.4, -0.2) is 31.2 Å². The summed E-state index contributed by atoms with van der Waals surface area (Å²) in [6, 6.07) is 10.2. The van der Waals surface area contributed by atoms with Crippen molar-refractivity contribution in [2.75, 3.05) is 25.1 Å². The second-order valence-electron chi connectivity index (χ2n) is 5.45. The maximum absolute atomic E-state index is 11.5. The maximum Gasteiger partial charge on any atom is 0.311 e. The van der Waals surface area contributed by atoms with Crippen molar-refractivity contribution in [3.63, 3.8) is 0 Å². The Kier molecular flexibility index (Phi) is 4.04. The number of pyridine rings is 1. The summed E-state index contributed by atoms with van der Waals surface area (Å²) in [5, 5.41) is 1.16. The summed E-state index contributed by atoms with van der Waals surface area (Å²) in [4.78, 5) is 18.5. The fourth-order valence-corrected chi connectivity index (χ4v) is 2.92. The number of para-hydroxylation sites is 1. The molecule has 0 unspecified atom stereocenters. The molecule has 1 aliphatic rings. The quantitative estimate of drug-likeness (QED) is 0.813. The van der Waals surface area contributed by atoms with Crippen LogP contribution in [0.5, 0.6) is 0 Å². The van der Waals surface area contributed by atoms with Crippen molar-refractivity contribution in [3.8, 4) is 0 Å². The summed E-state index contributed by atoms with van der Waals surface area (Å²) in [7, 11) is 1.41. The molecule has 4 heteroatoms. The Bertz CT molecular complexity index is 648. The van der Waals surface area contributed by atoms with E-state index in [0.717, 1.165) is 29.7 Å². The van der Waals surface area contributed by atoms with Crippen LogP contribution in [0.2, 0.25) is 0 Å². The molecule has 0 saturated carbocycles. The zero-order valence-corrected chi connectivity index (χ0v) is 12.3. The number of carbonyl (C=O) groups is 1. The van der Waals surface area contributed by atoms with Gasteiger partial charge in [-0.2, -0.15) is 0 Å². The number of aromatic nitrogens is 1. The SMILES string of the molecule is COC(=O)Cc1cc(N2CCCCC2)c2ccccc2n1. The van der Waals surface area contributed by atoms with Crippen LogP contribution < -0.4 is 4.90 Å². The van der Waals surface area contributed by atoms with Crippen LogP contribution in [0.15, 0.2) is 30.3 Å². The molecule has 1 fully saturated rings. The van der Waals surface area contributed by atoms with E-state index in [9.17, 15) is 4.79 Å². The standard InChI is InChI=1S/C17H20N2O2/c1-21-17(20)12-13-11-16(19-9-5-2-6-10-19)14-7-3-4-8-15(14)18-13/h3-4,7-8,11H,2,5-6,9-10,12H2,1H3. The number of benzene rings is 1. The summed E-state index contributed by atoms with van der Waals surface area (Å²) in [6.45, 7) is 2.15. The fourth-order valence-electron chi connectivity index (χ4n) is 2.92. The monoisotopic (exact) mass is 284 g/mol. The van der Waals surface area contributed by atoms with Crippen LogP contribution in [0, 0.1) is 0 Å². The highest BCUT2D eigenvalue weighted by Crippen LogP contribution is 2.29. The smallest absolute Gasteiger partial charge is 0.311 e. The Labute approximate surface area is 124 Å². The molecular formula is C17H20N2O2. The molecule has 1 aromatic carbocycles. The molecule has 0 aliphatic carbocycles. The normalized spacial score (nSPS) is 15.2. The van der Waals surface area contributed by atoms with Crippen molar-refractivity contribution >= 4 is 22.6 Å². The van der Waals surface area contributed by atoms with E-state index in [0.29, 0.717) is 0 Å². The van der Waals surface area contributed by atoms with Gasteiger partial charge in [-0.05, 0) is 31.4 Å². The van der Waals surface area contributed by atoms with Crippen LogP contribution in [-0.2, 0) is 16.0 Å². The molecule has 0 bridgehead atoms. The highest BCUT2D eigenvalue weighted by molar-refractivity contribution is 5.92. The van der Waals surface area contributed by atoms with Gasteiger partial charge in [0.25, 0.3) is 0 Å². The molecular weight excluding hydrogens is 264 g/mol. The van der Waals surface area contributed by atoms with E-state index < -0.39 is 0 Å². The zero-order valence-electron chi connectivity index (χ0n) is 12.3. The molecule has 1 aliphatic heterocycles. The molecule has 0 atom stereocenters. The first-order chi connectivity index (χ1) is 10.3. The predicted octanol–water partition coefficient (Wildman–Crippen LogP) is 2.94. The van der Waals surface area contributed by atoms with Gasteiger partial charge in [-0.1, -0.05) is 18.2 Å². The second-order valence-corrected chi connectivity index (χ2v) is 5.45. The number of methoxy groups -OCH3 is 1. The Morgan fingerprint density at radius 2 is 2.00 bits per heavy atom. The topological polar surface area (TPSA) is 42.4 Å². The number of rotatable bonds is 3. The number of carbonyl (C=O) groups excluding carboxylic acids is 1. The van der Waals surface area contributed by atoms with Gasteiger partial charge in [-0.3, -0.25) is 9.78 Å². The highest BCUT2D eigenvalue weighted by Gasteiger charge is 2.16. The first-order valence-electron chi connectivity index (χ1n) is 7.48. The summed E-state index contributed by atoms with van der Waals surface area (Å²) >= 11 is 0. The third-order valence-corrected chi connectivity index (χ3v) is 4.00. The average Bonchev–Trinajstić information content (AvgIpc) is 2.55. The highest BCUT2D eigenvalue weighted by atomic mass is 16.5. The third-order valence-electron chi connectivity index (χ3n) is 4.00. The fraction of sp³-hybridized carbons (Fsp3) is 0.412. The number of anilines is 1. The van der Waals surface area contributed by atoms with E-state index in [-0.39, 0.29) is 12.4 Å². The van der Waals surface area contributed by atoms with Crippen molar-refractivity contribution in [2.24, 2.45) is 0 Å². The van der Waals surface area contributed by atoms with Crippen LogP contribution in [0.25, 0.3) is 10.9 Å². The second kappa shape index (κ2) is 6.12. The number of nitrogens with zero attached hydrogens (tertiary/aromatic N) is 2. The molecule has 0 N–H and O–H groups in total. The maximum atomic E-state index is 11.5. The van der Waals surface area contributed by atoms with Crippen molar-refractivity contribution in [1.82, 2.24) is 4.98 Å². The minimum Gasteiger partial charge on any atom is -0.469 e. The van der Waals surface area contributed by atoms with Crippen LogP contribution in [0.1, 0.15) is 25.0 Å². The Morgan fingerprint density at radius 3 is 2.76 bits per heavy atom. The summed E-state index contributed by atoms with van der Waals surface area (Å²) in [5.41, 5.74) is 2.92. The molecule has 0 radical (unpaired) electrons. The van der Waals surface area contributed by atoms with Gasteiger partial charge in [0.15, 0.2) is 0 Å². The third kappa shape index (κ3) is 2.99. The number of hydrogen-bond donors (Lipinski definition) is 0. The minimum absolute atomic E-state index is 0.224. The largest absolute Gasteiger partial charge is 0.469 e. The van der Waals surface area contributed by atoms with Gasteiger partial charge in [-0.15, -0.1) is 0 Å². The lowest BCUT2D eigenvalue weighted by Gasteiger charge is -2.30. The minimum atomic E-state index is -0.248. The Hall–Kier alpha value is -2.10. The van der Waals surface area contributed by atoms with E-state index in [1.54, 1.807) is 0 Å². The Balaban J connectivity index is 2.04. The molecule has 1 saturated heterocycles. The van der Waals surface area contributed by atoms with E-state index in [1.807, 2.05) is 24.3 Å². The number of piperidine rings is 1. The lowest BCUT2D eigenvalue weighted by molar-refractivity contribution is -0.139. The van der Waals surface area contributed by atoms with E-state index >= 15 is 0 Å². The molecule has 2 aromatic rings. The summed E-state index contributed by atoms with van der Waals surface area (Å²) < 4.78 is 4.76. The van der Waals surface area contributed by atoms with E-state index in [2.05, 4.69) is 16.0 Å². The van der Waals surface area contributed by atoms with Crippen molar-refractivity contribution in [1.29, 1.82) is 0 Å². The molecule has 2 heterocycles. The number of hydrogen-bond acceptors (Lipinski definition) is 4. The van der Waals surface area contributed by atoms with Crippen LogP contribution in [0.3, 0.4) is 0 Å². The van der Waals surface area contributed by atoms with Gasteiger partial charge in [0, 0.05) is 24.2 Å². The van der Waals surface area contributed by atoms with Gasteiger partial charge in [0.2, 0.25) is 0 Å². The molecule has 4 nitrogen and oxygen atoms in total. The predicted molar refractivity (Wildman–Crippen MR) is 83.5 cm³/mol. The average molecular weight is 284 g/mol. The first-order valence-corrected chi connectivity index (χ1v) is 7.48. The summed E-state index contributed by atoms with van der Waals surface area (Å²) in [6.07, 6.45) is 3.97. The molecule has 3 rings (SSSR count). The lowest BCUT2D eigenvalue weighted by Crippen LogP contribution is -2.29. The Morgan fingerprint density at radius 1 is 1.24 bits per heavy atom. The van der Waals surface area contributed by atoms with Gasteiger partial charge in [-0.25, -0.2) is 0 Å². The van der Waals surface area contributed by atoms with Crippen LogP contribution in [0.4, 0.5) is 5.69 Å². The van der Waals surface area contributed by atoms with E-state index in [1.165, 1.54) is 32.1 Å². The van der Waals surface area contributed by atoms with Gasteiger partial charge < -0.3 is 9.64 Å². The van der Waals surface area contributed by atoms with E-state index in [4.69, 9.17) is 4.74 Å². The number of fused-ring (bicyclic) bond motifs is 1. The molecule has 1 aromatic heterocycles. The van der Waals surface area contributed by atoms with Gasteiger partial charge >= 0.3 is 5.97 Å². The van der Waals surface area contributed by atoms with Crippen molar-refractivity contribution < 1.29 is 9.53 Å². The lowest BCUT2D eigenvalue weighted by atomic mass is 10.1. The van der Waals surface area contributed by atoms with Gasteiger partial charge in [0.05, 0.1) is 24.7 Å². The molecule has 0 amide bonds. The molecule has 21 heavy (non-hydrogen) atoms. The van der Waals surface area contributed by atoms with Crippen molar-refractivity contribution in [2.45, 2.75) is 25.7 Å². The summed E-state index contributed by atoms with van der Waals surface area (Å²) in [5.74, 6) is -0.248. The van der Waals surface area contributed by atoms with Crippen molar-refractivity contribution in [3.05, 3.63) is 36.0 Å². The zero-order chi connectivity index (χ0) is 14.7. The number of ether oxygens (including phenoxy) is 1. The van der Waals surface area contributed by atoms with Gasteiger partial charge in [0.1, 0.15) is 0 Å². The van der Waals surface area contributed by atoms with Crippen LogP contribution >= 0.6 is 0 Å².